The average Bonchev–Trinajstić information content (AvgIpc) is 3.32. The lowest BCUT2D eigenvalue weighted by Gasteiger charge is -2.11. The van der Waals surface area contributed by atoms with Crippen LogP contribution in [0.15, 0.2) is 35.7 Å². The Hall–Kier alpha value is -2.80. The highest BCUT2D eigenvalue weighted by molar-refractivity contribution is 7.12. The van der Waals surface area contributed by atoms with Gasteiger partial charge < -0.3 is 14.8 Å². The molecule has 2 aromatic heterocycles. The topological polar surface area (TPSA) is 76.2 Å². The van der Waals surface area contributed by atoms with Crippen molar-refractivity contribution in [1.82, 2.24) is 10.2 Å². The lowest BCUT2D eigenvalue weighted by Crippen LogP contribution is -2.12. The van der Waals surface area contributed by atoms with E-state index in [-0.39, 0.29) is 5.91 Å². The number of nitrogens with one attached hydrogen (secondary N) is 2. The highest BCUT2D eigenvalue weighted by atomic mass is 32.1. The van der Waals surface area contributed by atoms with Gasteiger partial charge >= 0.3 is 0 Å². The second kappa shape index (κ2) is 8.26. The Balaban J connectivity index is 2.02. The summed E-state index contributed by atoms with van der Waals surface area (Å²) in [5.74, 6) is 1.53. The Labute approximate surface area is 162 Å². The van der Waals surface area contributed by atoms with Gasteiger partial charge in [-0.05, 0) is 42.0 Å². The van der Waals surface area contributed by atoms with Crippen LogP contribution in [-0.2, 0) is 6.42 Å². The normalized spacial score (nSPS) is 10.9. The number of benzene rings is 1. The van der Waals surface area contributed by atoms with Gasteiger partial charge in [-0.2, -0.15) is 5.10 Å². The van der Waals surface area contributed by atoms with E-state index in [1.54, 1.807) is 20.3 Å². The van der Waals surface area contributed by atoms with E-state index in [0.717, 1.165) is 17.7 Å². The van der Waals surface area contributed by atoms with E-state index < -0.39 is 0 Å². The molecule has 0 aliphatic carbocycles. The van der Waals surface area contributed by atoms with Gasteiger partial charge in [0.25, 0.3) is 5.91 Å². The predicted octanol–water partition coefficient (Wildman–Crippen LogP) is 4.61. The molecule has 0 spiro atoms. The Morgan fingerprint density at radius 3 is 2.63 bits per heavy atom. The van der Waals surface area contributed by atoms with Crippen molar-refractivity contribution in [1.29, 1.82) is 0 Å². The lowest BCUT2D eigenvalue weighted by molar-refractivity contribution is 0.103. The number of amides is 1. The molecule has 6 nitrogen and oxygen atoms in total. The number of ether oxygens (including phenoxy) is 2. The number of carbonyl (C=O) groups is 1. The molecule has 0 aliphatic rings. The fraction of sp³-hybridized carbons (Fsp3) is 0.300. The summed E-state index contributed by atoms with van der Waals surface area (Å²) in [6.07, 6.45) is 0.778. The molecule has 0 saturated carbocycles. The fourth-order valence-corrected chi connectivity index (χ4v) is 3.46. The molecule has 2 N–H and O–H groups in total. The zero-order valence-electron chi connectivity index (χ0n) is 15.8. The largest absolute Gasteiger partial charge is 0.493 e. The van der Waals surface area contributed by atoms with Crippen LogP contribution >= 0.6 is 11.3 Å². The highest BCUT2D eigenvalue weighted by Gasteiger charge is 2.20. The summed E-state index contributed by atoms with van der Waals surface area (Å²) in [6, 6.07) is 9.25. The summed E-state index contributed by atoms with van der Waals surface area (Å²) in [7, 11) is 3.19. The molecule has 0 atom stereocenters. The molecule has 2 heterocycles. The van der Waals surface area contributed by atoms with Gasteiger partial charge in [0.1, 0.15) is 5.69 Å². The number of aromatic nitrogens is 2. The maximum absolute atomic E-state index is 12.6. The maximum atomic E-state index is 12.6. The van der Waals surface area contributed by atoms with E-state index in [1.807, 2.05) is 29.6 Å². The van der Waals surface area contributed by atoms with Crippen molar-refractivity contribution in [3.05, 3.63) is 46.3 Å². The molecule has 3 rings (SSSR count). The monoisotopic (exact) mass is 385 g/mol. The molecule has 0 fully saturated rings. The predicted molar refractivity (Wildman–Crippen MR) is 108 cm³/mol. The van der Waals surface area contributed by atoms with E-state index in [2.05, 4.69) is 29.4 Å². The molecule has 27 heavy (non-hydrogen) atoms. The Morgan fingerprint density at radius 1 is 1.22 bits per heavy atom. The first-order valence-corrected chi connectivity index (χ1v) is 9.56. The quantitative estimate of drug-likeness (QED) is 0.623. The summed E-state index contributed by atoms with van der Waals surface area (Å²) in [5.41, 5.74) is 3.12. The van der Waals surface area contributed by atoms with Crippen LogP contribution in [0.5, 0.6) is 11.5 Å². The Bertz CT molecular complexity index is 917. The van der Waals surface area contributed by atoms with Crippen LogP contribution < -0.4 is 14.8 Å². The summed E-state index contributed by atoms with van der Waals surface area (Å²) in [6.45, 7) is 4.25. The summed E-state index contributed by atoms with van der Waals surface area (Å²) in [5, 5.41) is 12.5. The molecule has 0 unspecified atom stereocenters. The number of hydrogen-bond donors (Lipinski definition) is 2. The third-order valence-electron chi connectivity index (χ3n) is 4.09. The summed E-state index contributed by atoms with van der Waals surface area (Å²) < 4.78 is 10.7. The molecule has 0 saturated heterocycles. The Kier molecular flexibility index (Phi) is 5.81. The van der Waals surface area contributed by atoms with Crippen molar-refractivity contribution in [3.8, 4) is 22.8 Å². The van der Waals surface area contributed by atoms with E-state index in [1.165, 1.54) is 11.3 Å². The Morgan fingerprint density at radius 2 is 2.00 bits per heavy atom. The van der Waals surface area contributed by atoms with Crippen LogP contribution in [0.1, 0.15) is 29.2 Å². The van der Waals surface area contributed by atoms with Gasteiger partial charge in [-0.15, -0.1) is 11.3 Å². The first kappa shape index (κ1) is 19.0. The molecule has 3 aromatic rings. The second-order valence-corrected chi connectivity index (χ2v) is 7.47. The minimum atomic E-state index is -0.141. The number of rotatable bonds is 7. The number of hydrogen-bond acceptors (Lipinski definition) is 5. The van der Waals surface area contributed by atoms with Crippen LogP contribution in [0.3, 0.4) is 0 Å². The maximum Gasteiger partial charge on any atom is 0.265 e. The number of thiophene rings is 1. The second-order valence-electron chi connectivity index (χ2n) is 6.52. The lowest BCUT2D eigenvalue weighted by atomic mass is 10.0. The van der Waals surface area contributed by atoms with E-state index in [0.29, 0.717) is 33.7 Å². The standard InChI is InChI=1S/C20H23N3O3S/c1-12(2)10-14-19(21-20(24)17-6-5-9-27-17)18(23-22-14)13-7-8-15(25-3)16(11-13)26-4/h5-9,11-12H,10H2,1-4H3,(H,21,24)(H,22,23). The molecule has 7 heteroatoms. The SMILES string of the molecule is COc1ccc(-c2n[nH]c(CC(C)C)c2NC(=O)c2cccs2)cc1OC. The van der Waals surface area contributed by atoms with E-state index in [9.17, 15) is 4.79 Å². The van der Waals surface area contributed by atoms with Gasteiger partial charge in [-0.25, -0.2) is 0 Å². The highest BCUT2D eigenvalue weighted by Crippen LogP contribution is 2.36. The molecule has 142 valence electrons. The minimum absolute atomic E-state index is 0.141. The number of carbonyl (C=O) groups excluding carboxylic acids is 1. The minimum Gasteiger partial charge on any atom is -0.493 e. The van der Waals surface area contributed by atoms with Crippen LogP contribution in [0.2, 0.25) is 0 Å². The van der Waals surface area contributed by atoms with Gasteiger partial charge in [-0.1, -0.05) is 19.9 Å². The van der Waals surface area contributed by atoms with Gasteiger partial charge in [0.05, 0.1) is 30.5 Å². The van der Waals surface area contributed by atoms with Crippen LogP contribution in [0.25, 0.3) is 11.3 Å². The van der Waals surface area contributed by atoms with Crippen molar-refractivity contribution in [2.75, 3.05) is 19.5 Å². The van der Waals surface area contributed by atoms with Crippen LogP contribution in [-0.4, -0.2) is 30.3 Å². The average molecular weight is 385 g/mol. The number of anilines is 1. The third-order valence-corrected chi connectivity index (χ3v) is 4.96. The molecule has 1 amide bonds. The van der Waals surface area contributed by atoms with Crippen molar-refractivity contribution in [2.45, 2.75) is 20.3 Å². The number of H-pyrrole nitrogens is 1. The summed E-state index contributed by atoms with van der Waals surface area (Å²) in [4.78, 5) is 13.3. The van der Waals surface area contributed by atoms with E-state index >= 15 is 0 Å². The smallest absolute Gasteiger partial charge is 0.265 e. The molecule has 1 aromatic carbocycles. The fourth-order valence-electron chi connectivity index (χ4n) is 2.84. The van der Waals surface area contributed by atoms with Gasteiger partial charge in [0.2, 0.25) is 0 Å². The first-order chi connectivity index (χ1) is 13.0. The molecular weight excluding hydrogens is 362 g/mol. The van der Waals surface area contributed by atoms with Crippen LogP contribution in [0, 0.1) is 5.92 Å². The zero-order valence-corrected chi connectivity index (χ0v) is 16.6. The van der Waals surface area contributed by atoms with E-state index in [4.69, 9.17) is 9.47 Å². The van der Waals surface area contributed by atoms with Gasteiger partial charge in [-0.3, -0.25) is 9.89 Å². The van der Waals surface area contributed by atoms with Crippen molar-refractivity contribution in [2.24, 2.45) is 5.92 Å². The first-order valence-electron chi connectivity index (χ1n) is 8.68. The van der Waals surface area contributed by atoms with Crippen molar-refractivity contribution >= 4 is 22.9 Å². The van der Waals surface area contributed by atoms with Gasteiger partial charge in [0.15, 0.2) is 11.5 Å². The zero-order chi connectivity index (χ0) is 19.4. The van der Waals surface area contributed by atoms with Crippen molar-refractivity contribution < 1.29 is 14.3 Å². The third kappa shape index (κ3) is 4.14. The summed E-state index contributed by atoms with van der Waals surface area (Å²) >= 11 is 1.41. The number of aromatic amines is 1. The molecule has 0 aliphatic heterocycles. The van der Waals surface area contributed by atoms with Crippen LogP contribution in [0.4, 0.5) is 5.69 Å². The van der Waals surface area contributed by atoms with Crippen molar-refractivity contribution in [3.63, 3.8) is 0 Å². The molecule has 0 bridgehead atoms. The van der Waals surface area contributed by atoms with Gasteiger partial charge in [0, 0.05) is 5.56 Å². The molecular formula is C20H23N3O3S. The number of nitrogens with zero attached hydrogens (tertiary/aromatic N) is 1. The molecule has 0 radical (unpaired) electrons. The number of methoxy groups -OCH3 is 2.